The van der Waals surface area contributed by atoms with Crippen molar-refractivity contribution in [3.63, 3.8) is 0 Å². The first-order valence-electron chi connectivity index (χ1n) is 12.1. The molecule has 0 aliphatic carbocycles. The highest BCUT2D eigenvalue weighted by Crippen LogP contribution is 2.35. The lowest BCUT2D eigenvalue weighted by Crippen LogP contribution is -2.51. The van der Waals surface area contributed by atoms with E-state index in [4.69, 9.17) is 9.47 Å². The second-order valence-electron chi connectivity index (χ2n) is 8.96. The van der Waals surface area contributed by atoms with Crippen LogP contribution in [0.2, 0.25) is 0 Å². The van der Waals surface area contributed by atoms with Crippen molar-refractivity contribution in [2.45, 2.75) is 12.1 Å². The van der Waals surface area contributed by atoms with E-state index in [-0.39, 0.29) is 5.78 Å². The summed E-state index contributed by atoms with van der Waals surface area (Å²) in [4.78, 5) is 21.3. The molecule has 0 unspecified atom stereocenters. The molecular formula is C29H31N3O4. The Morgan fingerprint density at radius 3 is 2.31 bits per heavy atom. The van der Waals surface area contributed by atoms with Gasteiger partial charge >= 0.3 is 0 Å². The maximum absolute atomic E-state index is 13.7. The number of piperazine rings is 1. The van der Waals surface area contributed by atoms with E-state index in [1.54, 1.807) is 20.4 Å². The molecule has 1 aliphatic rings. The maximum atomic E-state index is 13.7. The number of benzene rings is 3. The normalized spacial score (nSPS) is 16.0. The van der Waals surface area contributed by atoms with Gasteiger partial charge in [0.1, 0.15) is 17.6 Å². The van der Waals surface area contributed by atoms with Crippen LogP contribution >= 0.6 is 0 Å². The Morgan fingerprint density at radius 2 is 1.58 bits per heavy atom. The van der Waals surface area contributed by atoms with Crippen LogP contribution in [0.15, 0.2) is 79.0 Å². The monoisotopic (exact) mass is 485 g/mol. The molecule has 0 saturated carbocycles. The van der Waals surface area contributed by atoms with Crippen LogP contribution in [0.4, 0.5) is 5.69 Å². The molecule has 1 aromatic heterocycles. The number of H-pyrrole nitrogens is 1. The van der Waals surface area contributed by atoms with E-state index >= 15 is 0 Å². The number of methoxy groups -OCH3 is 2. The number of hydrogen-bond donors (Lipinski definition) is 2. The van der Waals surface area contributed by atoms with Gasteiger partial charge in [-0.15, -0.1) is 0 Å². The number of ketones is 1. The summed E-state index contributed by atoms with van der Waals surface area (Å²) in [6.45, 7) is 2.91. The number of anilines is 1. The molecule has 5 rings (SSSR count). The van der Waals surface area contributed by atoms with Crippen LogP contribution in [-0.2, 0) is 0 Å². The molecule has 1 aliphatic heterocycles. The molecule has 7 nitrogen and oxygen atoms in total. The predicted molar refractivity (Wildman–Crippen MR) is 141 cm³/mol. The highest BCUT2D eigenvalue weighted by atomic mass is 16.5. The minimum Gasteiger partial charge on any atom is -0.497 e. The van der Waals surface area contributed by atoms with E-state index in [0.717, 1.165) is 41.0 Å². The average molecular weight is 486 g/mol. The summed E-state index contributed by atoms with van der Waals surface area (Å²) >= 11 is 0. The van der Waals surface area contributed by atoms with E-state index < -0.39 is 12.1 Å². The summed E-state index contributed by atoms with van der Waals surface area (Å²) in [6.07, 6.45) is 0.435. The number of carbonyl (C=O) groups is 1. The van der Waals surface area contributed by atoms with Crippen molar-refractivity contribution < 1.29 is 19.4 Å². The molecular weight excluding hydrogens is 454 g/mol. The largest absolute Gasteiger partial charge is 0.497 e. The van der Waals surface area contributed by atoms with Gasteiger partial charge in [-0.05, 0) is 36.4 Å². The minimum atomic E-state index is -1.26. The standard InChI is InChI=1S/C29H31N3O4/c1-35-21-13-11-20(12-14-21)31-15-17-32(18-16-31)27(23-8-4-6-10-26(23)36-2)29(34)28(33)24-19-30-25-9-5-3-7-22(24)25/h3-14,19,27,29-30,34H,15-18H2,1-2H3/t27-,29+/m0/s1. The van der Waals surface area contributed by atoms with Gasteiger partial charge in [0.25, 0.3) is 0 Å². The zero-order valence-electron chi connectivity index (χ0n) is 20.6. The van der Waals surface area contributed by atoms with Crippen LogP contribution in [0.5, 0.6) is 11.5 Å². The molecule has 2 atom stereocenters. The second-order valence-corrected chi connectivity index (χ2v) is 8.96. The molecule has 1 fully saturated rings. The van der Waals surface area contributed by atoms with Crippen molar-refractivity contribution in [2.24, 2.45) is 0 Å². The van der Waals surface area contributed by atoms with Gasteiger partial charge in [-0.1, -0.05) is 36.4 Å². The van der Waals surface area contributed by atoms with Crippen LogP contribution in [0.3, 0.4) is 0 Å². The summed E-state index contributed by atoms with van der Waals surface area (Å²) in [5.41, 5.74) is 3.29. The number of hydrogen-bond acceptors (Lipinski definition) is 6. The molecule has 0 bridgehead atoms. The number of aliphatic hydroxyl groups is 1. The molecule has 0 amide bonds. The molecule has 7 heteroatoms. The van der Waals surface area contributed by atoms with Crippen molar-refractivity contribution in [1.82, 2.24) is 9.88 Å². The number of nitrogens with zero attached hydrogens (tertiary/aromatic N) is 2. The number of Topliss-reactive ketones (excluding diaryl/α,β-unsaturated/α-hetero) is 1. The van der Waals surface area contributed by atoms with Crippen molar-refractivity contribution in [2.75, 3.05) is 45.3 Å². The predicted octanol–water partition coefficient (Wildman–Crippen LogP) is 4.29. The number of rotatable bonds is 8. The topological polar surface area (TPSA) is 78.0 Å². The number of para-hydroxylation sites is 2. The molecule has 2 N–H and O–H groups in total. The molecule has 36 heavy (non-hydrogen) atoms. The Balaban J connectivity index is 1.43. The lowest BCUT2D eigenvalue weighted by Gasteiger charge is -2.42. The second kappa shape index (κ2) is 10.4. The van der Waals surface area contributed by atoms with Gasteiger partial charge in [-0.2, -0.15) is 0 Å². The van der Waals surface area contributed by atoms with Crippen LogP contribution in [0.25, 0.3) is 10.9 Å². The van der Waals surface area contributed by atoms with E-state index in [1.807, 2.05) is 60.7 Å². The van der Waals surface area contributed by atoms with Crippen molar-refractivity contribution in [3.8, 4) is 11.5 Å². The summed E-state index contributed by atoms with van der Waals surface area (Å²) in [5.74, 6) is 1.18. The third-order valence-electron chi connectivity index (χ3n) is 7.03. The van der Waals surface area contributed by atoms with E-state index in [0.29, 0.717) is 24.4 Å². The zero-order valence-corrected chi connectivity index (χ0v) is 20.6. The van der Waals surface area contributed by atoms with Crippen molar-refractivity contribution >= 4 is 22.4 Å². The number of aliphatic hydroxyl groups excluding tert-OH is 1. The fraction of sp³-hybridized carbons (Fsp3) is 0.276. The smallest absolute Gasteiger partial charge is 0.195 e. The molecule has 4 aromatic rings. The Kier molecular flexibility index (Phi) is 6.93. The molecule has 0 spiro atoms. The van der Waals surface area contributed by atoms with Gasteiger partial charge in [-0.25, -0.2) is 0 Å². The number of nitrogens with one attached hydrogen (secondary N) is 1. The summed E-state index contributed by atoms with van der Waals surface area (Å²) < 4.78 is 10.9. The lowest BCUT2D eigenvalue weighted by molar-refractivity contribution is 0.0359. The van der Waals surface area contributed by atoms with Gasteiger partial charge < -0.3 is 24.5 Å². The first-order valence-corrected chi connectivity index (χ1v) is 12.1. The number of aromatic nitrogens is 1. The summed E-state index contributed by atoms with van der Waals surface area (Å²) in [7, 11) is 3.28. The Hall–Kier alpha value is -3.81. The van der Waals surface area contributed by atoms with Crippen LogP contribution in [0.1, 0.15) is 22.0 Å². The summed E-state index contributed by atoms with van der Waals surface area (Å²) in [5, 5.41) is 12.4. The van der Waals surface area contributed by atoms with Crippen LogP contribution in [-0.4, -0.2) is 67.3 Å². The fourth-order valence-corrected chi connectivity index (χ4v) is 5.11. The van der Waals surface area contributed by atoms with Crippen molar-refractivity contribution in [3.05, 3.63) is 90.1 Å². The lowest BCUT2D eigenvalue weighted by atomic mass is 9.92. The highest BCUT2D eigenvalue weighted by Gasteiger charge is 2.37. The first kappa shape index (κ1) is 23.9. The third-order valence-corrected chi connectivity index (χ3v) is 7.03. The van der Waals surface area contributed by atoms with Gasteiger partial charge in [0.2, 0.25) is 0 Å². The minimum absolute atomic E-state index is 0.305. The number of carbonyl (C=O) groups excluding carboxylic acids is 1. The number of ether oxygens (including phenoxy) is 2. The Morgan fingerprint density at radius 1 is 0.889 bits per heavy atom. The number of fused-ring (bicyclic) bond motifs is 1. The molecule has 2 heterocycles. The highest BCUT2D eigenvalue weighted by molar-refractivity contribution is 6.10. The van der Waals surface area contributed by atoms with Gasteiger partial charge in [0.15, 0.2) is 5.78 Å². The Bertz CT molecular complexity index is 1330. The molecule has 0 radical (unpaired) electrons. The van der Waals surface area contributed by atoms with Gasteiger partial charge in [-0.3, -0.25) is 9.69 Å². The van der Waals surface area contributed by atoms with Gasteiger partial charge in [0.05, 0.1) is 20.3 Å². The Labute approximate surface area is 210 Å². The zero-order chi connectivity index (χ0) is 25.1. The molecule has 186 valence electrons. The third kappa shape index (κ3) is 4.55. The quantitative estimate of drug-likeness (QED) is 0.363. The van der Waals surface area contributed by atoms with Crippen LogP contribution in [0, 0.1) is 0 Å². The number of aromatic amines is 1. The van der Waals surface area contributed by atoms with Gasteiger partial charge in [0, 0.05) is 60.1 Å². The van der Waals surface area contributed by atoms with E-state index in [9.17, 15) is 9.90 Å². The summed E-state index contributed by atoms with van der Waals surface area (Å²) in [6, 6.07) is 22.8. The van der Waals surface area contributed by atoms with E-state index in [2.05, 4.69) is 26.9 Å². The SMILES string of the molecule is COc1ccc(N2CCN([C@@H](c3ccccc3OC)[C@@H](O)C(=O)c3c[nH]c4ccccc34)CC2)cc1. The van der Waals surface area contributed by atoms with Crippen LogP contribution < -0.4 is 14.4 Å². The molecule has 3 aromatic carbocycles. The molecule has 1 saturated heterocycles. The van der Waals surface area contributed by atoms with E-state index in [1.165, 1.54) is 0 Å². The first-order chi connectivity index (χ1) is 17.6. The van der Waals surface area contributed by atoms with Crippen molar-refractivity contribution in [1.29, 1.82) is 0 Å². The fourth-order valence-electron chi connectivity index (χ4n) is 5.11. The average Bonchev–Trinajstić information content (AvgIpc) is 3.37. The maximum Gasteiger partial charge on any atom is 0.195 e.